The largest absolute Gasteiger partial charge is 0.454 e. The zero-order chi connectivity index (χ0) is 16.6. The first-order valence-corrected chi connectivity index (χ1v) is 8.84. The first-order chi connectivity index (χ1) is 10.9. The maximum atomic E-state index is 12.7. The Hall–Kier alpha value is -2.05. The van der Waals surface area contributed by atoms with E-state index in [0.717, 1.165) is 16.7 Å². The molecule has 23 heavy (non-hydrogen) atoms. The molecule has 2 aromatic rings. The fraction of sp³-hybridized carbons (Fsp3) is 0.294. The lowest BCUT2D eigenvalue weighted by Crippen LogP contribution is -2.27. The van der Waals surface area contributed by atoms with Crippen molar-refractivity contribution in [3.8, 4) is 11.5 Å². The van der Waals surface area contributed by atoms with Crippen molar-refractivity contribution in [3.05, 3.63) is 53.1 Å². The predicted molar refractivity (Wildman–Crippen MR) is 87.2 cm³/mol. The monoisotopic (exact) mass is 333 g/mol. The van der Waals surface area contributed by atoms with Gasteiger partial charge in [0.15, 0.2) is 11.5 Å². The van der Waals surface area contributed by atoms with Crippen LogP contribution in [-0.4, -0.2) is 15.2 Å². The molecule has 1 atom stereocenters. The Morgan fingerprint density at radius 3 is 2.57 bits per heavy atom. The molecule has 0 aromatic heterocycles. The van der Waals surface area contributed by atoms with E-state index in [1.54, 1.807) is 32.0 Å². The van der Waals surface area contributed by atoms with Crippen molar-refractivity contribution >= 4 is 10.0 Å². The van der Waals surface area contributed by atoms with E-state index < -0.39 is 10.0 Å². The normalized spacial score (nSPS) is 14.7. The number of aryl methyl sites for hydroxylation is 2. The number of sulfonamides is 1. The minimum absolute atomic E-state index is 0.196. The molecule has 0 unspecified atom stereocenters. The molecule has 122 valence electrons. The van der Waals surface area contributed by atoms with Gasteiger partial charge in [-0.05, 0) is 55.7 Å². The standard InChI is InChI=1S/C17H19NO4S/c1-11-4-5-12(2)17(8-11)23(19,20)18-13(3)14-6-7-15-16(9-14)22-10-21-15/h4-9,13,18H,10H2,1-3H3/t13-/m1/s1. The number of ether oxygens (including phenoxy) is 2. The van der Waals surface area contributed by atoms with Crippen molar-refractivity contribution < 1.29 is 17.9 Å². The van der Waals surface area contributed by atoms with Gasteiger partial charge in [0, 0.05) is 6.04 Å². The van der Waals surface area contributed by atoms with Gasteiger partial charge in [-0.2, -0.15) is 0 Å². The van der Waals surface area contributed by atoms with E-state index in [0.29, 0.717) is 16.4 Å². The van der Waals surface area contributed by atoms with Crippen LogP contribution in [0.15, 0.2) is 41.3 Å². The van der Waals surface area contributed by atoms with Crippen LogP contribution < -0.4 is 14.2 Å². The van der Waals surface area contributed by atoms with Gasteiger partial charge < -0.3 is 9.47 Å². The highest BCUT2D eigenvalue weighted by atomic mass is 32.2. The van der Waals surface area contributed by atoms with Gasteiger partial charge >= 0.3 is 0 Å². The molecule has 6 heteroatoms. The van der Waals surface area contributed by atoms with Crippen LogP contribution in [0, 0.1) is 13.8 Å². The summed E-state index contributed by atoms with van der Waals surface area (Å²) >= 11 is 0. The van der Waals surface area contributed by atoms with Crippen LogP contribution in [0.3, 0.4) is 0 Å². The molecule has 0 radical (unpaired) electrons. The van der Waals surface area contributed by atoms with Crippen molar-refractivity contribution in [1.82, 2.24) is 4.72 Å². The molecular weight excluding hydrogens is 314 g/mol. The van der Waals surface area contributed by atoms with Gasteiger partial charge in [-0.15, -0.1) is 0 Å². The summed E-state index contributed by atoms with van der Waals surface area (Å²) in [5.41, 5.74) is 2.45. The molecule has 1 N–H and O–H groups in total. The third-order valence-corrected chi connectivity index (χ3v) is 5.54. The zero-order valence-electron chi connectivity index (χ0n) is 13.3. The average molecular weight is 333 g/mol. The van der Waals surface area contributed by atoms with Gasteiger partial charge in [-0.25, -0.2) is 13.1 Å². The van der Waals surface area contributed by atoms with Gasteiger partial charge in [0.1, 0.15) is 0 Å². The molecule has 0 saturated heterocycles. The van der Waals surface area contributed by atoms with Crippen LogP contribution in [0.1, 0.15) is 29.7 Å². The molecular formula is C17H19NO4S. The fourth-order valence-corrected chi connectivity index (χ4v) is 4.11. The molecule has 1 heterocycles. The smallest absolute Gasteiger partial charge is 0.241 e. The topological polar surface area (TPSA) is 64.6 Å². The van der Waals surface area contributed by atoms with Crippen LogP contribution in [0.4, 0.5) is 0 Å². The first-order valence-electron chi connectivity index (χ1n) is 7.36. The van der Waals surface area contributed by atoms with E-state index in [-0.39, 0.29) is 12.8 Å². The Morgan fingerprint density at radius 2 is 1.78 bits per heavy atom. The van der Waals surface area contributed by atoms with Crippen LogP contribution >= 0.6 is 0 Å². The number of hydrogen-bond donors (Lipinski definition) is 1. The molecule has 1 aliphatic rings. The molecule has 0 amide bonds. The summed E-state index contributed by atoms with van der Waals surface area (Å²) < 4.78 is 38.6. The lowest BCUT2D eigenvalue weighted by molar-refractivity contribution is 0.174. The molecule has 0 spiro atoms. The minimum Gasteiger partial charge on any atom is -0.454 e. The first kappa shape index (κ1) is 15.8. The van der Waals surface area contributed by atoms with Gasteiger partial charge in [-0.1, -0.05) is 18.2 Å². The number of rotatable bonds is 4. The van der Waals surface area contributed by atoms with E-state index in [4.69, 9.17) is 9.47 Å². The Kier molecular flexibility index (Phi) is 4.04. The Balaban J connectivity index is 1.86. The van der Waals surface area contributed by atoms with E-state index in [9.17, 15) is 8.42 Å². The Bertz CT molecular complexity index is 846. The number of fused-ring (bicyclic) bond motifs is 1. The minimum atomic E-state index is -3.60. The van der Waals surface area contributed by atoms with E-state index >= 15 is 0 Å². The second kappa shape index (κ2) is 5.86. The summed E-state index contributed by atoms with van der Waals surface area (Å²) in [5, 5.41) is 0. The molecule has 5 nitrogen and oxygen atoms in total. The van der Waals surface area contributed by atoms with E-state index in [1.165, 1.54) is 0 Å². The second-order valence-electron chi connectivity index (χ2n) is 5.72. The molecule has 1 aliphatic heterocycles. The van der Waals surface area contributed by atoms with Crippen molar-refractivity contribution in [1.29, 1.82) is 0 Å². The van der Waals surface area contributed by atoms with Gasteiger partial charge in [0.05, 0.1) is 4.90 Å². The van der Waals surface area contributed by atoms with E-state index in [2.05, 4.69) is 4.72 Å². The molecule has 2 aromatic carbocycles. The van der Waals surface area contributed by atoms with Gasteiger partial charge in [0.2, 0.25) is 16.8 Å². The lowest BCUT2D eigenvalue weighted by Gasteiger charge is -2.16. The highest BCUT2D eigenvalue weighted by Crippen LogP contribution is 2.34. The van der Waals surface area contributed by atoms with Crippen LogP contribution in [0.2, 0.25) is 0 Å². The average Bonchev–Trinajstić information content (AvgIpc) is 2.96. The second-order valence-corrected chi connectivity index (χ2v) is 7.41. The molecule has 0 fully saturated rings. The summed E-state index contributed by atoms with van der Waals surface area (Å²) in [6, 6.07) is 10.5. The van der Waals surface area contributed by atoms with Gasteiger partial charge in [0.25, 0.3) is 0 Å². The van der Waals surface area contributed by atoms with Crippen molar-refractivity contribution in [3.63, 3.8) is 0 Å². The van der Waals surface area contributed by atoms with Crippen LogP contribution in [0.25, 0.3) is 0 Å². The highest BCUT2D eigenvalue weighted by Gasteiger charge is 2.22. The number of nitrogens with one attached hydrogen (secondary N) is 1. The summed E-state index contributed by atoms with van der Waals surface area (Å²) in [6.45, 7) is 5.67. The fourth-order valence-electron chi connectivity index (χ4n) is 2.54. The van der Waals surface area contributed by atoms with Gasteiger partial charge in [-0.3, -0.25) is 0 Å². The number of hydrogen-bond acceptors (Lipinski definition) is 4. The predicted octanol–water partition coefficient (Wildman–Crippen LogP) is 3.07. The third kappa shape index (κ3) is 3.18. The van der Waals surface area contributed by atoms with Crippen LogP contribution in [0.5, 0.6) is 11.5 Å². The SMILES string of the molecule is Cc1ccc(C)c(S(=O)(=O)N[C@H](C)c2ccc3c(c2)OCO3)c1. The maximum absolute atomic E-state index is 12.7. The lowest BCUT2D eigenvalue weighted by atomic mass is 10.1. The summed E-state index contributed by atoms with van der Waals surface area (Å²) in [6.07, 6.45) is 0. The maximum Gasteiger partial charge on any atom is 0.241 e. The van der Waals surface area contributed by atoms with Crippen molar-refractivity contribution in [2.75, 3.05) is 6.79 Å². The summed E-state index contributed by atoms with van der Waals surface area (Å²) in [4.78, 5) is 0.310. The van der Waals surface area contributed by atoms with Crippen LogP contribution in [-0.2, 0) is 10.0 Å². The Labute approximate surface area is 136 Å². The van der Waals surface area contributed by atoms with Crippen molar-refractivity contribution in [2.45, 2.75) is 31.7 Å². The summed E-state index contributed by atoms with van der Waals surface area (Å²) in [7, 11) is -3.60. The molecule has 0 bridgehead atoms. The molecule has 0 saturated carbocycles. The zero-order valence-corrected chi connectivity index (χ0v) is 14.1. The number of benzene rings is 2. The Morgan fingerprint density at radius 1 is 1.04 bits per heavy atom. The molecule has 0 aliphatic carbocycles. The quantitative estimate of drug-likeness (QED) is 0.934. The highest BCUT2D eigenvalue weighted by molar-refractivity contribution is 7.89. The summed E-state index contributed by atoms with van der Waals surface area (Å²) in [5.74, 6) is 1.32. The van der Waals surface area contributed by atoms with E-state index in [1.807, 2.05) is 25.1 Å². The third-order valence-electron chi connectivity index (χ3n) is 3.86. The molecule has 3 rings (SSSR count). The van der Waals surface area contributed by atoms with Crippen molar-refractivity contribution in [2.24, 2.45) is 0 Å².